The molecule has 2 aromatic carbocycles. The fraction of sp³-hybridized carbons (Fsp3) is 0.304. The van der Waals surface area contributed by atoms with Crippen molar-refractivity contribution >= 4 is 39.1 Å². The normalized spacial score (nSPS) is 11.9. The van der Waals surface area contributed by atoms with E-state index < -0.39 is 27.9 Å². The zero-order valence-corrected chi connectivity index (χ0v) is 21.3. The number of ether oxygens (including phenoxy) is 1. The number of hydrogen-bond acceptors (Lipinski definition) is 5. The molecule has 194 valence electrons. The number of halogens is 5. The van der Waals surface area contributed by atoms with Crippen LogP contribution in [-0.2, 0) is 34.2 Å². The van der Waals surface area contributed by atoms with E-state index in [0.717, 1.165) is 21.5 Å². The Morgan fingerprint density at radius 2 is 1.72 bits per heavy atom. The lowest BCUT2D eigenvalue weighted by atomic mass is 10.1. The Hall–Kier alpha value is -2.76. The number of alkyl halides is 3. The molecular formula is C23H22Cl2F3N3O4S. The lowest BCUT2D eigenvalue weighted by Gasteiger charge is -2.13. The number of aryl methyl sites for hydroxylation is 2. The largest absolute Gasteiger partial charge is 0.516 e. The molecule has 0 unspecified atom stereocenters. The van der Waals surface area contributed by atoms with Gasteiger partial charge in [-0.15, -0.1) is 0 Å². The number of carbonyl (C=O) groups is 1. The molecule has 13 heteroatoms. The van der Waals surface area contributed by atoms with Gasteiger partial charge in [-0.3, -0.25) is 9.48 Å². The second-order valence-corrected chi connectivity index (χ2v) is 10.4. The second-order valence-electron chi connectivity index (χ2n) is 7.89. The molecule has 0 atom stereocenters. The van der Waals surface area contributed by atoms with E-state index in [1.165, 1.54) is 0 Å². The van der Waals surface area contributed by atoms with E-state index in [0.29, 0.717) is 34.5 Å². The van der Waals surface area contributed by atoms with Crippen LogP contribution in [0.2, 0.25) is 10.0 Å². The quantitative estimate of drug-likeness (QED) is 0.372. The Labute approximate surface area is 216 Å². The minimum absolute atomic E-state index is 0.0486. The van der Waals surface area contributed by atoms with Crippen LogP contribution in [-0.4, -0.2) is 36.2 Å². The maximum atomic E-state index is 12.4. The maximum Gasteiger partial charge on any atom is 0.516 e. The SMILES string of the molecule is Cc1cc(CCC(=O)NS(=O)(=O)C(F)(F)F)nn1Cc1cc(Cl)ccc1OCCc1ccc(Cl)cc1. The Bertz CT molecular complexity index is 1330. The van der Waals surface area contributed by atoms with Gasteiger partial charge in [-0.2, -0.15) is 26.7 Å². The van der Waals surface area contributed by atoms with E-state index in [4.69, 9.17) is 27.9 Å². The smallest absolute Gasteiger partial charge is 0.493 e. The number of benzene rings is 2. The molecule has 0 aliphatic rings. The molecule has 0 bridgehead atoms. The van der Waals surface area contributed by atoms with Crippen LogP contribution in [0.4, 0.5) is 13.2 Å². The maximum absolute atomic E-state index is 12.4. The average molecular weight is 564 g/mol. The van der Waals surface area contributed by atoms with Gasteiger partial charge in [-0.25, -0.2) is 4.72 Å². The highest BCUT2D eigenvalue weighted by molar-refractivity contribution is 7.90. The van der Waals surface area contributed by atoms with Crippen LogP contribution < -0.4 is 9.46 Å². The van der Waals surface area contributed by atoms with Crippen molar-refractivity contribution in [1.29, 1.82) is 0 Å². The third-order valence-electron chi connectivity index (χ3n) is 5.10. The first kappa shape index (κ1) is 27.8. The summed E-state index contributed by atoms with van der Waals surface area (Å²) < 4.78 is 68.0. The highest BCUT2D eigenvalue weighted by Crippen LogP contribution is 2.25. The molecule has 0 aliphatic heterocycles. The van der Waals surface area contributed by atoms with Crippen molar-refractivity contribution in [2.75, 3.05) is 6.61 Å². The van der Waals surface area contributed by atoms with Gasteiger partial charge >= 0.3 is 15.5 Å². The summed E-state index contributed by atoms with van der Waals surface area (Å²) in [4.78, 5) is 11.7. The number of nitrogens with one attached hydrogen (secondary N) is 1. The second kappa shape index (κ2) is 11.5. The highest BCUT2D eigenvalue weighted by Gasteiger charge is 2.46. The molecule has 0 radical (unpaired) electrons. The first-order valence-corrected chi connectivity index (χ1v) is 12.9. The first-order chi connectivity index (χ1) is 16.8. The molecule has 0 spiro atoms. The molecule has 0 aliphatic carbocycles. The number of nitrogens with zero attached hydrogens (tertiary/aromatic N) is 2. The van der Waals surface area contributed by atoms with Crippen LogP contribution in [0.5, 0.6) is 5.75 Å². The number of sulfonamides is 1. The summed E-state index contributed by atoms with van der Waals surface area (Å²) in [5, 5.41) is 5.54. The lowest BCUT2D eigenvalue weighted by molar-refractivity contribution is -0.120. The molecular weight excluding hydrogens is 542 g/mol. The molecule has 3 aromatic rings. The van der Waals surface area contributed by atoms with Gasteiger partial charge in [0.15, 0.2) is 0 Å². The Morgan fingerprint density at radius 1 is 1.06 bits per heavy atom. The number of carbonyl (C=O) groups excluding carboxylic acids is 1. The molecule has 3 rings (SSSR count). The molecule has 0 saturated heterocycles. The predicted octanol–water partition coefficient (Wildman–Crippen LogP) is 5.07. The summed E-state index contributed by atoms with van der Waals surface area (Å²) in [6.07, 6.45) is 0.130. The van der Waals surface area contributed by atoms with Crippen LogP contribution in [0.3, 0.4) is 0 Å². The summed E-state index contributed by atoms with van der Waals surface area (Å²) in [5.41, 5.74) is -2.61. The predicted molar refractivity (Wildman–Crippen MR) is 130 cm³/mol. The number of aromatic nitrogens is 2. The standard InChI is InChI=1S/C23H22Cl2F3N3O4S/c1-15-12-20(7-9-22(32)30-36(33,34)23(26,27)28)29-31(15)14-17-13-19(25)6-8-21(17)35-11-10-16-2-4-18(24)5-3-16/h2-6,8,12-13H,7,9-11,14H2,1H3,(H,30,32). The third-order valence-corrected chi connectivity index (χ3v) is 6.69. The van der Waals surface area contributed by atoms with Crippen LogP contribution in [0, 0.1) is 6.92 Å². The molecule has 0 saturated carbocycles. The fourth-order valence-corrected chi connectivity index (χ4v) is 4.10. The minimum Gasteiger partial charge on any atom is -0.493 e. The van der Waals surface area contributed by atoms with Gasteiger partial charge < -0.3 is 4.74 Å². The van der Waals surface area contributed by atoms with E-state index in [2.05, 4.69) is 5.10 Å². The summed E-state index contributed by atoms with van der Waals surface area (Å²) in [7, 11) is -5.74. The number of hydrogen-bond donors (Lipinski definition) is 1. The van der Waals surface area contributed by atoms with E-state index in [-0.39, 0.29) is 13.0 Å². The van der Waals surface area contributed by atoms with Crippen molar-refractivity contribution in [1.82, 2.24) is 14.5 Å². The molecule has 7 nitrogen and oxygen atoms in total. The molecule has 1 N–H and O–H groups in total. The zero-order chi connectivity index (χ0) is 26.5. The van der Waals surface area contributed by atoms with E-state index in [9.17, 15) is 26.4 Å². The summed E-state index contributed by atoms with van der Waals surface area (Å²) >= 11 is 12.1. The number of amides is 1. The van der Waals surface area contributed by atoms with Crippen molar-refractivity contribution in [3.05, 3.63) is 81.1 Å². The number of rotatable bonds is 10. The van der Waals surface area contributed by atoms with Gasteiger partial charge in [0, 0.05) is 40.6 Å². The van der Waals surface area contributed by atoms with Crippen molar-refractivity contribution in [3.63, 3.8) is 0 Å². The van der Waals surface area contributed by atoms with Gasteiger partial charge in [0.05, 0.1) is 18.8 Å². The zero-order valence-electron chi connectivity index (χ0n) is 19.0. The van der Waals surface area contributed by atoms with Gasteiger partial charge in [0.1, 0.15) is 5.75 Å². The molecule has 1 aromatic heterocycles. The summed E-state index contributed by atoms with van der Waals surface area (Å²) in [5.74, 6) is -0.660. The monoisotopic (exact) mass is 563 g/mol. The minimum atomic E-state index is -5.74. The molecule has 1 heterocycles. The average Bonchev–Trinajstić information content (AvgIpc) is 3.13. The van der Waals surface area contributed by atoms with Gasteiger partial charge in [-0.1, -0.05) is 35.3 Å². The van der Waals surface area contributed by atoms with Crippen molar-refractivity contribution in [3.8, 4) is 5.75 Å². The summed E-state index contributed by atoms with van der Waals surface area (Å²) in [6.45, 7) is 2.48. The van der Waals surface area contributed by atoms with Gasteiger partial charge in [-0.05, 0) is 48.9 Å². The van der Waals surface area contributed by atoms with Crippen molar-refractivity contribution in [2.45, 2.75) is 38.2 Å². The fourth-order valence-electron chi connectivity index (χ4n) is 3.26. The van der Waals surface area contributed by atoms with Gasteiger partial charge in [0.25, 0.3) is 0 Å². The Kier molecular flexibility index (Phi) is 8.91. The van der Waals surface area contributed by atoms with Crippen molar-refractivity contribution in [2.24, 2.45) is 0 Å². The van der Waals surface area contributed by atoms with Crippen LogP contribution >= 0.6 is 23.2 Å². The van der Waals surface area contributed by atoms with Crippen LogP contribution in [0.25, 0.3) is 0 Å². The van der Waals surface area contributed by atoms with Crippen molar-refractivity contribution < 1.29 is 31.1 Å². The Balaban J connectivity index is 1.63. The van der Waals surface area contributed by atoms with Crippen LogP contribution in [0.15, 0.2) is 48.5 Å². The van der Waals surface area contributed by atoms with E-state index in [1.807, 2.05) is 24.3 Å². The van der Waals surface area contributed by atoms with E-state index in [1.54, 1.807) is 35.9 Å². The molecule has 0 fully saturated rings. The topological polar surface area (TPSA) is 90.3 Å². The third kappa shape index (κ3) is 7.62. The molecule has 1 amide bonds. The Morgan fingerprint density at radius 3 is 2.39 bits per heavy atom. The van der Waals surface area contributed by atoms with Gasteiger partial charge in [0.2, 0.25) is 5.91 Å². The molecule has 36 heavy (non-hydrogen) atoms. The van der Waals surface area contributed by atoms with E-state index >= 15 is 0 Å². The first-order valence-electron chi connectivity index (χ1n) is 10.6. The highest BCUT2D eigenvalue weighted by atomic mass is 35.5. The summed E-state index contributed by atoms with van der Waals surface area (Å²) in [6, 6.07) is 14.3. The van der Waals surface area contributed by atoms with Crippen LogP contribution in [0.1, 0.15) is 28.9 Å². The lowest BCUT2D eigenvalue weighted by Crippen LogP contribution is -2.40.